The second-order valence-corrected chi connectivity index (χ2v) is 4.28. The van der Waals surface area contributed by atoms with Crippen LogP contribution in [0.5, 0.6) is 0 Å². The molecule has 2 aromatic rings. The van der Waals surface area contributed by atoms with E-state index in [-0.39, 0.29) is 6.04 Å². The van der Waals surface area contributed by atoms with Crippen molar-refractivity contribution in [2.45, 2.75) is 25.8 Å². The smallest absolute Gasteiger partial charge is 0.197 e. The minimum atomic E-state index is 0.132. The Morgan fingerprint density at radius 1 is 1.29 bits per heavy atom. The van der Waals surface area contributed by atoms with Crippen LogP contribution in [0.25, 0.3) is 0 Å². The Morgan fingerprint density at radius 2 is 2.18 bits per heavy atom. The Balaban J connectivity index is 2.11. The summed E-state index contributed by atoms with van der Waals surface area (Å²) in [5.74, 6) is 0.941. The lowest BCUT2D eigenvalue weighted by atomic mass is 10.1. The molecule has 0 aromatic carbocycles. The highest BCUT2D eigenvalue weighted by atomic mass is 35.5. The van der Waals surface area contributed by atoms with E-state index in [1.165, 1.54) is 0 Å². The Bertz CT molecular complexity index is 436. The van der Waals surface area contributed by atoms with Gasteiger partial charge in [0.25, 0.3) is 0 Å². The van der Waals surface area contributed by atoms with Crippen LogP contribution in [0.4, 0.5) is 0 Å². The summed E-state index contributed by atoms with van der Waals surface area (Å²) in [5.41, 5.74) is 0.983. The van der Waals surface area contributed by atoms with Crippen LogP contribution < -0.4 is 5.32 Å². The molecule has 92 valence electrons. The Morgan fingerprint density at radius 3 is 2.76 bits per heavy atom. The summed E-state index contributed by atoms with van der Waals surface area (Å²) in [6.45, 7) is 3.07. The average molecular weight is 254 g/mol. The SMILES string of the molecule is CCCNC(Cc1ccco1)c1ccoc1Cl. The van der Waals surface area contributed by atoms with Crippen LogP contribution in [0, 0.1) is 0 Å². The highest BCUT2D eigenvalue weighted by Gasteiger charge is 2.17. The number of furan rings is 2. The standard InChI is InChI=1S/C13H16ClNO2/c1-2-6-15-12(9-10-4-3-7-16-10)11-5-8-17-13(11)14/h3-5,7-8,12,15H,2,6,9H2,1H3. The van der Waals surface area contributed by atoms with E-state index in [1.54, 1.807) is 12.5 Å². The fourth-order valence-electron chi connectivity index (χ4n) is 1.79. The molecule has 0 saturated carbocycles. The fourth-order valence-corrected chi connectivity index (χ4v) is 2.04. The van der Waals surface area contributed by atoms with Crippen LogP contribution in [0.15, 0.2) is 39.6 Å². The quantitative estimate of drug-likeness (QED) is 0.851. The van der Waals surface area contributed by atoms with Gasteiger partial charge in [0, 0.05) is 18.0 Å². The van der Waals surface area contributed by atoms with E-state index in [4.69, 9.17) is 20.4 Å². The molecule has 0 amide bonds. The zero-order valence-corrected chi connectivity index (χ0v) is 10.5. The highest BCUT2D eigenvalue weighted by molar-refractivity contribution is 6.29. The van der Waals surface area contributed by atoms with E-state index in [9.17, 15) is 0 Å². The molecule has 0 aliphatic heterocycles. The molecule has 4 heteroatoms. The lowest BCUT2D eigenvalue weighted by Gasteiger charge is -2.16. The summed E-state index contributed by atoms with van der Waals surface area (Å²) in [7, 11) is 0. The van der Waals surface area contributed by atoms with E-state index in [0.29, 0.717) is 5.22 Å². The van der Waals surface area contributed by atoms with Gasteiger partial charge in [-0.3, -0.25) is 0 Å². The Kier molecular flexibility index (Phi) is 4.29. The summed E-state index contributed by atoms with van der Waals surface area (Å²) in [4.78, 5) is 0. The van der Waals surface area contributed by atoms with Crippen molar-refractivity contribution in [2.24, 2.45) is 0 Å². The summed E-state index contributed by atoms with van der Waals surface area (Å²) in [6, 6.07) is 5.89. The molecule has 0 bridgehead atoms. The van der Waals surface area contributed by atoms with Crippen molar-refractivity contribution >= 4 is 11.6 Å². The molecule has 1 N–H and O–H groups in total. The second-order valence-electron chi connectivity index (χ2n) is 3.94. The van der Waals surface area contributed by atoms with Crippen LogP contribution in [0.2, 0.25) is 5.22 Å². The molecule has 2 rings (SSSR count). The van der Waals surface area contributed by atoms with Crippen molar-refractivity contribution in [3.63, 3.8) is 0 Å². The van der Waals surface area contributed by atoms with Gasteiger partial charge in [0.2, 0.25) is 0 Å². The molecule has 0 radical (unpaired) electrons. The molecule has 0 fully saturated rings. The third-order valence-electron chi connectivity index (χ3n) is 2.65. The van der Waals surface area contributed by atoms with Gasteiger partial charge in [-0.15, -0.1) is 0 Å². The lowest BCUT2D eigenvalue weighted by Crippen LogP contribution is -2.23. The number of hydrogen-bond acceptors (Lipinski definition) is 3. The van der Waals surface area contributed by atoms with E-state index in [2.05, 4.69) is 12.2 Å². The second kappa shape index (κ2) is 5.94. The van der Waals surface area contributed by atoms with Crippen LogP contribution in [-0.4, -0.2) is 6.54 Å². The first-order valence-electron chi connectivity index (χ1n) is 5.80. The molecule has 0 saturated heterocycles. The molecule has 1 unspecified atom stereocenters. The third kappa shape index (κ3) is 3.14. The maximum atomic E-state index is 6.02. The molecule has 1 atom stereocenters. The van der Waals surface area contributed by atoms with Gasteiger partial charge in [0.05, 0.1) is 12.5 Å². The van der Waals surface area contributed by atoms with E-state index in [1.807, 2.05) is 18.2 Å². The largest absolute Gasteiger partial charge is 0.469 e. The molecule has 17 heavy (non-hydrogen) atoms. The van der Waals surface area contributed by atoms with Crippen LogP contribution in [-0.2, 0) is 6.42 Å². The monoisotopic (exact) mass is 253 g/mol. The van der Waals surface area contributed by atoms with Crippen molar-refractivity contribution in [1.82, 2.24) is 5.32 Å². The van der Waals surface area contributed by atoms with Gasteiger partial charge < -0.3 is 14.2 Å². The van der Waals surface area contributed by atoms with Crippen molar-refractivity contribution in [1.29, 1.82) is 0 Å². The van der Waals surface area contributed by atoms with Crippen molar-refractivity contribution in [2.75, 3.05) is 6.54 Å². The number of rotatable bonds is 6. The van der Waals surface area contributed by atoms with Crippen molar-refractivity contribution in [3.05, 3.63) is 47.3 Å². The van der Waals surface area contributed by atoms with Gasteiger partial charge >= 0.3 is 0 Å². The van der Waals surface area contributed by atoms with Crippen LogP contribution in [0.1, 0.15) is 30.7 Å². The molecule has 0 aliphatic rings. The average Bonchev–Trinajstić information content (AvgIpc) is 2.95. The topological polar surface area (TPSA) is 38.3 Å². The zero-order chi connectivity index (χ0) is 12.1. The van der Waals surface area contributed by atoms with E-state index in [0.717, 1.165) is 30.7 Å². The van der Waals surface area contributed by atoms with Gasteiger partial charge in [0.1, 0.15) is 5.76 Å². The number of hydrogen-bond donors (Lipinski definition) is 1. The molecule has 2 aromatic heterocycles. The van der Waals surface area contributed by atoms with Crippen molar-refractivity contribution < 1.29 is 8.83 Å². The summed E-state index contributed by atoms with van der Waals surface area (Å²) >= 11 is 6.02. The number of halogens is 1. The predicted octanol–water partition coefficient (Wildman–Crippen LogP) is 3.81. The maximum Gasteiger partial charge on any atom is 0.197 e. The predicted molar refractivity (Wildman–Crippen MR) is 67.2 cm³/mol. The maximum absolute atomic E-state index is 6.02. The normalized spacial score (nSPS) is 12.8. The van der Waals surface area contributed by atoms with Crippen molar-refractivity contribution in [3.8, 4) is 0 Å². The Hall–Kier alpha value is -1.19. The van der Waals surface area contributed by atoms with Gasteiger partial charge in [-0.05, 0) is 42.8 Å². The Labute approximate surface area is 106 Å². The first kappa shape index (κ1) is 12.3. The number of nitrogens with one attached hydrogen (secondary N) is 1. The minimum absolute atomic E-state index is 0.132. The fraction of sp³-hybridized carbons (Fsp3) is 0.385. The molecule has 2 heterocycles. The minimum Gasteiger partial charge on any atom is -0.469 e. The van der Waals surface area contributed by atoms with E-state index < -0.39 is 0 Å². The van der Waals surface area contributed by atoms with Gasteiger partial charge in [-0.2, -0.15) is 0 Å². The first-order chi connectivity index (χ1) is 8.31. The lowest BCUT2D eigenvalue weighted by molar-refractivity contribution is 0.446. The molecule has 0 spiro atoms. The zero-order valence-electron chi connectivity index (χ0n) is 9.78. The molecule has 0 aliphatic carbocycles. The first-order valence-corrected chi connectivity index (χ1v) is 6.17. The molecule has 3 nitrogen and oxygen atoms in total. The van der Waals surface area contributed by atoms with Gasteiger partial charge in [0.15, 0.2) is 5.22 Å². The van der Waals surface area contributed by atoms with Gasteiger partial charge in [-0.25, -0.2) is 0 Å². The summed E-state index contributed by atoms with van der Waals surface area (Å²) < 4.78 is 10.5. The third-order valence-corrected chi connectivity index (χ3v) is 2.95. The summed E-state index contributed by atoms with van der Waals surface area (Å²) in [6.07, 6.45) is 5.14. The highest BCUT2D eigenvalue weighted by Crippen LogP contribution is 2.26. The van der Waals surface area contributed by atoms with E-state index >= 15 is 0 Å². The van der Waals surface area contributed by atoms with Gasteiger partial charge in [-0.1, -0.05) is 6.92 Å². The van der Waals surface area contributed by atoms with Crippen LogP contribution >= 0.6 is 11.6 Å². The summed E-state index contributed by atoms with van der Waals surface area (Å²) in [5, 5.41) is 3.90. The molecular formula is C13H16ClNO2. The molecular weight excluding hydrogens is 238 g/mol. The van der Waals surface area contributed by atoms with Crippen LogP contribution in [0.3, 0.4) is 0 Å².